The predicted octanol–water partition coefficient (Wildman–Crippen LogP) is 1.93. The van der Waals surface area contributed by atoms with Gasteiger partial charge >= 0.3 is 0 Å². The summed E-state index contributed by atoms with van der Waals surface area (Å²) in [7, 11) is 1.99. The van der Waals surface area contributed by atoms with E-state index in [1.165, 1.54) is 37.1 Å². The first-order valence-corrected chi connectivity index (χ1v) is 10.8. The molecule has 3 aliphatic rings. The molecule has 1 aromatic carbocycles. The van der Waals surface area contributed by atoms with Crippen molar-refractivity contribution in [3.05, 3.63) is 41.7 Å². The number of likely N-dealkylation sites (tertiary alicyclic amines) is 1. The molecule has 2 fully saturated rings. The Kier molecular flexibility index (Phi) is 5.44. The van der Waals surface area contributed by atoms with E-state index in [9.17, 15) is 0 Å². The van der Waals surface area contributed by atoms with Crippen LogP contribution in [0.3, 0.4) is 0 Å². The number of benzene rings is 1. The number of aromatic nitrogens is 2. The topological polar surface area (TPSA) is 46.0 Å². The maximum Gasteiger partial charge on any atom is 0.231 e. The van der Waals surface area contributed by atoms with Crippen molar-refractivity contribution in [3.63, 3.8) is 0 Å². The van der Waals surface area contributed by atoms with Gasteiger partial charge in [0.05, 0.1) is 6.20 Å². The van der Waals surface area contributed by atoms with Crippen molar-refractivity contribution in [3.8, 4) is 11.5 Å². The number of fused-ring (bicyclic) bond motifs is 1. The Morgan fingerprint density at radius 3 is 2.62 bits per heavy atom. The third-order valence-electron chi connectivity index (χ3n) is 6.41. The second-order valence-electron chi connectivity index (χ2n) is 8.55. The Balaban J connectivity index is 1.11. The van der Waals surface area contributed by atoms with Crippen LogP contribution in [0.25, 0.3) is 0 Å². The Hall–Kier alpha value is -2.09. The zero-order valence-electron chi connectivity index (χ0n) is 17.3. The van der Waals surface area contributed by atoms with Crippen molar-refractivity contribution in [1.29, 1.82) is 0 Å². The highest BCUT2D eigenvalue weighted by molar-refractivity contribution is 5.44. The average Bonchev–Trinajstić information content (AvgIpc) is 3.37. The monoisotopic (exact) mass is 397 g/mol. The van der Waals surface area contributed by atoms with Gasteiger partial charge in [-0.1, -0.05) is 6.07 Å². The number of rotatable bonds is 5. The fraction of sp³-hybridized carbons (Fsp3) is 0.591. The molecule has 4 heterocycles. The zero-order chi connectivity index (χ0) is 19.6. The molecule has 5 rings (SSSR count). The summed E-state index contributed by atoms with van der Waals surface area (Å²) in [4.78, 5) is 7.87. The number of hydrogen-bond donors (Lipinski definition) is 0. The molecule has 1 aromatic heterocycles. The Bertz CT molecular complexity index is 830. The number of hydrogen-bond acceptors (Lipinski definition) is 6. The maximum atomic E-state index is 5.52. The van der Waals surface area contributed by atoms with Gasteiger partial charge in [0.15, 0.2) is 11.5 Å². The Morgan fingerprint density at radius 2 is 1.79 bits per heavy atom. The molecule has 29 heavy (non-hydrogen) atoms. The van der Waals surface area contributed by atoms with Gasteiger partial charge in [-0.15, -0.1) is 0 Å². The molecular formula is C22H31N5O2. The molecular weight excluding hydrogens is 366 g/mol. The molecule has 156 valence electrons. The van der Waals surface area contributed by atoms with Gasteiger partial charge in [0.1, 0.15) is 0 Å². The third kappa shape index (κ3) is 4.42. The molecule has 1 atom stereocenters. The Morgan fingerprint density at radius 1 is 0.966 bits per heavy atom. The summed E-state index contributed by atoms with van der Waals surface area (Å²) in [5.41, 5.74) is 2.63. The molecule has 7 nitrogen and oxygen atoms in total. The van der Waals surface area contributed by atoms with Crippen molar-refractivity contribution < 1.29 is 9.47 Å². The molecule has 0 amide bonds. The number of aryl methyl sites for hydroxylation is 1. The van der Waals surface area contributed by atoms with Crippen molar-refractivity contribution in [2.75, 3.05) is 46.1 Å². The van der Waals surface area contributed by atoms with Crippen LogP contribution in [0, 0.1) is 0 Å². The van der Waals surface area contributed by atoms with Crippen LogP contribution >= 0.6 is 0 Å². The van der Waals surface area contributed by atoms with E-state index in [1.54, 1.807) is 0 Å². The summed E-state index contributed by atoms with van der Waals surface area (Å²) in [5, 5.41) is 4.31. The van der Waals surface area contributed by atoms with Crippen LogP contribution in [0.1, 0.15) is 24.0 Å². The Labute approximate surface area is 172 Å². The third-order valence-corrected chi connectivity index (χ3v) is 6.41. The lowest BCUT2D eigenvalue weighted by molar-refractivity contribution is 0.0477. The van der Waals surface area contributed by atoms with Gasteiger partial charge in [-0.05, 0) is 37.1 Å². The van der Waals surface area contributed by atoms with Crippen molar-refractivity contribution in [2.24, 2.45) is 7.05 Å². The molecule has 2 aromatic rings. The molecule has 0 radical (unpaired) electrons. The van der Waals surface area contributed by atoms with Crippen LogP contribution in [0.5, 0.6) is 11.5 Å². The summed E-state index contributed by atoms with van der Waals surface area (Å²) in [5.74, 6) is 1.75. The van der Waals surface area contributed by atoms with Crippen molar-refractivity contribution in [2.45, 2.75) is 32.0 Å². The summed E-state index contributed by atoms with van der Waals surface area (Å²) in [6.45, 7) is 9.33. The van der Waals surface area contributed by atoms with Gasteiger partial charge < -0.3 is 9.47 Å². The van der Waals surface area contributed by atoms with Crippen LogP contribution < -0.4 is 9.47 Å². The van der Waals surface area contributed by atoms with Gasteiger partial charge in [-0.3, -0.25) is 19.4 Å². The highest BCUT2D eigenvalue weighted by Gasteiger charge is 2.28. The molecule has 0 bridgehead atoms. The first kappa shape index (κ1) is 18.9. The first-order chi connectivity index (χ1) is 14.2. The van der Waals surface area contributed by atoms with Gasteiger partial charge in [0, 0.05) is 70.7 Å². The maximum absolute atomic E-state index is 5.52. The predicted molar refractivity (Wildman–Crippen MR) is 111 cm³/mol. The van der Waals surface area contributed by atoms with Crippen LogP contribution in [0.4, 0.5) is 0 Å². The smallest absolute Gasteiger partial charge is 0.231 e. The van der Waals surface area contributed by atoms with Gasteiger partial charge in [-0.25, -0.2) is 0 Å². The fourth-order valence-corrected chi connectivity index (χ4v) is 4.87. The minimum atomic E-state index is 0.344. The normalized spacial score (nSPS) is 23.6. The van der Waals surface area contributed by atoms with Gasteiger partial charge in [0.2, 0.25) is 6.79 Å². The summed E-state index contributed by atoms with van der Waals surface area (Å²) < 4.78 is 12.8. The quantitative estimate of drug-likeness (QED) is 0.768. The minimum absolute atomic E-state index is 0.344. The molecule has 0 N–H and O–H groups in total. The number of piperidine rings is 1. The van der Waals surface area contributed by atoms with E-state index in [0.717, 1.165) is 50.8 Å². The van der Waals surface area contributed by atoms with Gasteiger partial charge in [-0.2, -0.15) is 5.10 Å². The summed E-state index contributed by atoms with van der Waals surface area (Å²) in [6.07, 6.45) is 6.76. The lowest BCUT2D eigenvalue weighted by Gasteiger charge is -2.43. The molecule has 0 saturated carbocycles. The van der Waals surface area contributed by atoms with Crippen LogP contribution in [0.2, 0.25) is 0 Å². The lowest BCUT2D eigenvalue weighted by atomic mass is 10.0. The molecule has 3 aliphatic heterocycles. The highest BCUT2D eigenvalue weighted by atomic mass is 16.7. The van der Waals surface area contributed by atoms with E-state index in [2.05, 4.69) is 38.1 Å². The minimum Gasteiger partial charge on any atom is -0.454 e. The molecule has 2 saturated heterocycles. The van der Waals surface area contributed by atoms with E-state index in [0.29, 0.717) is 12.8 Å². The SMILES string of the molecule is Cn1cc(CN2CCC[C@H](N3CCN(Cc4ccc5c(c4)OCO5)CC3)C2)cn1. The average molecular weight is 398 g/mol. The van der Waals surface area contributed by atoms with Crippen molar-refractivity contribution >= 4 is 0 Å². The molecule has 7 heteroatoms. The van der Waals surface area contributed by atoms with E-state index in [1.807, 2.05) is 24.0 Å². The second-order valence-corrected chi connectivity index (χ2v) is 8.55. The van der Waals surface area contributed by atoms with Crippen LogP contribution in [-0.4, -0.2) is 76.6 Å². The van der Waals surface area contributed by atoms with Gasteiger partial charge in [0.25, 0.3) is 0 Å². The van der Waals surface area contributed by atoms with E-state index >= 15 is 0 Å². The largest absolute Gasteiger partial charge is 0.454 e. The van der Waals surface area contributed by atoms with E-state index in [-0.39, 0.29) is 0 Å². The van der Waals surface area contributed by atoms with Crippen molar-refractivity contribution in [1.82, 2.24) is 24.5 Å². The number of ether oxygens (including phenoxy) is 2. The lowest BCUT2D eigenvalue weighted by Crippen LogP contribution is -2.54. The molecule has 0 aliphatic carbocycles. The summed E-state index contributed by atoms with van der Waals surface area (Å²) in [6, 6.07) is 7.02. The van der Waals surface area contributed by atoms with Crippen LogP contribution in [-0.2, 0) is 20.1 Å². The van der Waals surface area contributed by atoms with E-state index < -0.39 is 0 Å². The zero-order valence-corrected chi connectivity index (χ0v) is 17.3. The van der Waals surface area contributed by atoms with E-state index in [4.69, 9.17) is 9.47 Å². The standard InChI is InChI=1S/C22H31N5O2/c1-24-13-19(12-23-24)15-26-6-2-3-20(16-26)27-9-7-25(8-10-27)14-18-4-5-21-22(11-18)29-17-28-21/h4-5,11-13,20H,2-3,6-10,14-17H2,1H3/t20-/m0/s1. The first-order valence-electron chi connectivity index (χ1n) is 10.8. The number of piperazine rings is 1. The van der Waals surface area contributed by atoms with Crippen LogP contribution in [0.15, 0.2) is 30.6 Å². The number of nitrogens with zero attached hydrogens (tertiary/aromatic N) is 5. The highest BCUT2D eigenvalue weighted by Crippen LogP contribution is 2.33. The second kappa shape index (κ2) is 8.34. The molecule has 0 unspecified atom stereocenters. The fourth-order valence-electron chi connectivity index (χ4n) is 4.87. The summed E-state index contributed by atoms with van der Waals surface area (Å²) >= 11 is 0. The molecule has 0 spiro atoms.